The Morgan fingerprint density at radius 3 is 2.45 bits per heavy atom. The first-order valence-corrected chi connectivity index (χ1v) is 15.1. The van der Waals surface area contributed by atoms with Crippen LogP contribution >= 0.6 is 0 Å². The Morgan fingerprint density at radius 2 is 1.82 bits per heavy atom. The van der Waals surface area contributed by atoms with Crippen molar-refractivity contribution in [2.75, 3.05) is 40.4 Å². The van der Waals surface area contributed by atoms with Crippen molar-refractivity contribution in [3.8, 4) is 0 Å². The number of pyridine rings is 1. The maximum absolute atomic E-state index is 13.5. The Balaban J connectivity index is 1.39. The van der Waals surface area contributed by atoms with E-state index in [1.165, 1.54) is 47.9 Å². The zero-order chi connectivity index (χ0) is 28.7. The Kier molecular flexibility index (Phi) is 7.64. The highest BCUT2D eigenvalue weighted by molar-refractivity contribution is 7.92. The van der Waals surface area contributed by atoms with Gasteiger partial charge in [0.25, 0.3) is 11.5 Å². The van der Waals surface area contributed by atoms with Gasteiger partial charge in [0.1, 0.15) is 5.69 Å². The lowest BCUT2D eigenvalue weighted by Crippen LogP contribution is -2.36. The van der Waals surface area contributed by atoms with Crippen LogP contribution in [0.25, 0.3) is 0 Å². The van der Waals surface area contributed by atoms with E-state index in [-0.39, 0.29) is 36.2 Å². The summed E-state index contributed by atoms with van der Waals surface area (Å²) in [6, 6.07) is 6.84. The second kappa shape index (κ2) is 10.7. The van der Waals surface area contributed by atoms with E-state index in [4.69, 9.17) is 5.11 Å². The van der Waals surface area contributed by atoms with Gasteiger partial charge in [-0.3, -0.25) is 14.3 Å². The molecule has 3 N–H and O–H groups in total. The van der Waals surface area contributed by atoms with Crippen LogP contribution in [0.2, 0.25) is 0 Å². The first kappa shape index (κ1) is 28.5. The number of hydrogen-bond acceptors (Lipinski definition) is 6. The molecule has 2 saturated carbocycles. The molecule has 1 spiro atoms. The highest BCUT2D eigenvalue weighted by Crippen LogP contribution is 2.54. The number of nitrogens with one attached hydrogen (secondary N) is 2. The number of anilines is 3. The van der Waals surface area contributed by atoms with Crippen LogP contribution in [-0.2, 0) is 10.0 Å². The monoisotopic (exact) mass is 582 g/mol. The molecule has 1 aromatic carbocycles. The summed E-state index contributed by atoms with van der Waals surface area (Å²) in [7, 11) is -3.79. The highest BCUT2D eigenvalue weighted by Gasteiger charge is 2.45. The smallest absolute Gasteiger partial charge is 0.391 e. The van der Waals surface area contributed by atoms with Crippen molar-refractivity contribution in [1.29, 1.82) is 0 Å². The molecule has 2 aromatic rings. The molecular weight excluding hydrogens is 549 g/mol. The van der Waals surface area contributed by atoms with Crippen LogP contribution < -0.4 is 20.5 Å². The third kappa shape index (κ3) is 6.14. The maximum atomic E-state index is 13.5. The van der Waals surface area contributed by atoms with E-state index >= 15 is 0 Å². The zero-order valence-electron chi connectivity index (χ0n) is 21.9. The van der Waals surface area contributed by atoms with Crippen molar-refractivity contribution in [2.45, 2.75) is 57.2 Å². The van der Waals surface area contributed by atoms with Crippen LogP contribution in [-0.4, -0.2) is 55.6 Å². The number of carbonyl (C=O) groups excluding carboxylic acids is 1. The van der Waals surface area contributed by atoms with Crippen LogP contribution in [0, 0.1) is 11.3 Å². The molecule has 0 unspecified atom stereocenters. The zero-order valence-corrected chi connectivity index (χ0v) is 22.7. The van der Waals surface area contributed by atoms with Gasteiger partial charge in [0.15, 0.2) is 0 Å². The minimum Gasteiger partial charge on any atom is -0.395 e. The van der Waals surface area contributed by atoms with Gasteiger partial charge >= 0.3 is 6.18 Å². The molecular formula is C27H33F3N4O5S. The average molecular weight is 583 g/mol. The second-order valence-corrected chi connectivity index (χ2v) is 13.0. The molecule has 0 bridgehead atoms. The van der Waals surface area contributed by atoms with Crippen LogP contribution in [0.15, 0.2) is 41.3 Å². The van der Waals surface area contributed by atoms with Crippen LogP contribution in [0.5, 0.6) is 0 Å². The standard InChI is InChI=1S/C27H33F3N4O5S/c28-27(29,30)18-3-5-20(16-18)34-11-1-2-22(25(34)37)31-24(36)21-6-4-19(32-40(38,39)15-14-35)17-23(21)33-12-9-26(7-8-26)10-13-33/h1-2,4,6,11,17-18,20,32,35H,3,5,7-10,12-16H2,(H,31,36)/t18-,20+/m1/s1. The second-order valence-electron chi connectivity index (χ2n) is 11.2. The molecule has 2 aliphatic carbocycles. The summed E-state index contributed by atoms with van der Waals surface area (Å²) in [6.45, 7) is 0.837. The topological polar surface area (TPSA) is 121 Å². The Hall–Kier alpha value is -3.06. The molecule has 3 fully saturated rings. The number of aromatic nitrogens is 1. The molecule has 1 aliphatic heterocycles. The number of nitrogens with zero attached hydrogens (tertiary/aromatic N) is 2. The van der Waals surface area contributed by atoms with Gasteiger partial charge in [-0.15, -0.1) is 0 Å². The molecule has 218 valence electrons. The van der Waals surface area contributed by atoms with Gasteiger partial charge in [-0.2, -0.15) is 13.2 Å². The minimum atomic E-state index is -4.31. The predicted molar refractivity (Wildman–Crippen MR) is 145 cm³/mol. The fourth-order valence-corrected chi connectivity index (χ4v) is 6.72. The van der Waals surface area contributed by atoms with E-state index in [1.54, 1.807) is 6.07 Å². The van der Waals surface area contributed by atoms with E-state index < -0.39 is 52.0 Å². The van der Waals surface area contributed by atoms with Crippen LogP contribution in [0.1, 0.15) is 61.3 Å². The van der Waals surface area contributed by atoms with Gasteiger partial charge in [0.05, 0.1) is 35.2 Å². The maximum Gasteiger partial charge on any atom is 0.391 e. The number of rotatable bonds is 8. The number of halogens is 3. The van der Waals surface area contributed by atoms with Gasteiger partial charge in [-0.1, -0.05) is 0 Å². The summed E-state index contributed by atoms with van der Waals surface area (Å²) in [4.78, 5) is 28.7. The molecule has 2 atom stereocenters. The molecule has 3 aliphatic rings. The number of benzene rings is 1. The SMILES string of the molecule is O=C(Nc1cccn([C@H]2CC[C@@H](C(F)(F)F)C2)c1=O)c1ccc(NS(=O)(=O)CCO)cc1N1CCC2(CC1)CC2. The number of carbonyl (C=O) groups is 1. The van der Waals surface area contributed by atoms with Crippen molar-refractivity contribution in [3.63, 3.8) is 0 Å². The van der Waals surface area contributed by atoms with E-state index in [9.17, 15) is 31.2 Å². The molecule has 1 amide bonds. The van der Waals surface area contributed by atoms with Crippen molar-refractivity contribution < 1.29 is 31.5 Å². The fraction of sp³-hybridized carbons (Fsp3) is 0.556. The summed E-state index contributed by atoms with van der Waals surface area (Å²) in [5, 5.41) is 11.7. The molecule has 40 heavy (non-hydrogen) atoms. The minimum absolute atomic E-state index is 0.0442. The number of alkyl halides is 3. The first-order valence-electron chi connectivity index (χ1n) is 13.5. The van der Waals surface area contributed by atoms with Crippen molar-refractivity contribution in [1.82, 2.24) is 4.57 Å². The summed E-state index contributed by atoms with van der Waals surface area (Å²) >= 11 is 0. The van der Waals surface area contributed by atoms with E-state index in [0.717, 1.165) is 12.8 Å². The van der Waals surface area contributed by atoms with Gasteiger partial charge in [-0.05, 0) is 80.7 Å². The van der Waals surface area contributed by atoms with Gasteiger partial charge < -0.3 is 19.9 Å². The van der Waals surface area contributed by atoms with E-state index in [2.05, 4.69) is 10.0 Å². The number of amides is 1. The first-order chi connectivity index (χ1) is 18.9. The molecule has 9 nitrogen and oxygen atoms in total. The molecule has 1 saturated heterocycles. The quantitative estimate of drug-likeness (QED) is 0.431. The molecule has 1 aromatic heterocycles. The number of aliphatic hydroxyl groups is 1. The lowest BCUT2D eigenvalue weighted by atomic mass is 9.93. The predicted octanol–water partition coefficient (Wildman–Crippen LogP) is 4.12. The normalized spacial score (nSPS) is 22.4. The Labute approximate surface area is 230 Å². The Bertz CT molecular complexity index is 1430. The van der Waals surface area contributed by atoms with Crippen molar-refractivity contribution >= 4 is 33.0 Å². The number of piperidine rings is 1. The molecule has 13 heteroatoms. The summed E-state index contributed by atoms with van der Waals surface area (Å²) < 4.78 is 67.7. The van der Waals surface area contributed by atoms with Gasteiger partial charge in [-0.25, -0.2) is 8.42 Å². The lowest BCUT2D eigenvalue weighted by molar-refractivity contribution is -0.173. The van der Waals surface area contributed by atoms with Gasteiger partial charge in [0, 0.05) is 25.3 Å². The van der Waals surface area contributed by atoms with Crippen LogP contribution in [0.3, 0.4) is 0 Å². The largest absolute Gasteiger partial charge is 0.395 e. The summed E-state index contributed by atoms with van der Waals surface area (Å²) in [5.74, 6) is -2.51. The molecule has 5 rings (SSSR count). The molecule has 2 heterocycles. The number of hydrogen-bond donors (Lipinski definition) is 3. The third-order valence-electron chi connectivity index (χ3n) is 8.48. The van der Waals surface area contributed by atoms with Gasteiger partial charge in [0.2, 0.25) is 10.0 Å². The fourth-order valence-electron chi connectivity index (χ4n) is 5.89. The molecule has 0 radical (unpaired) electrons. The lowest BCUT2D eigenvalue weighted by Gasteiger charge is -2.35. The third-order valence-corrected chi connectivity index (χ3v) is 9.75. The van der Waals surface area contributed by atoms with Crippen molar-refractivity contribution in [2.24, 2.45) is 11.3 Å². The summed E-state index contributed by atoms with van der Waals surface area (Å²) in [6.07, 6.45) is 1.39. The van der Waals surface area contributed by atoms with Crippen LogP contribution in [0.4, 0.5) is 30.2 Å². The Morgan fingerprint density at radius 1 is 1.10 bits per heavy atom. The average Bonchev–Trinajstić information content (AvgIpc) is 3.43. The van der Waals surface area contributed by atoms with E-state index in [1.807, 2.05) is 4.90 Å². The highest BCUT2D eigenvalue weighted by atomic mass is 32.2. The number of aliphatic hydroxyl groups excluding tert-OH is 1. The van der Waals surface area contributed by atoms with E-state index in [0.29, 0.717) is 24.2 Å². The number of sulfonamides is 1. The summed E-state index contributed by atoms with van der Waals surface area (Å²) in [5.41, 5.74) is 0.736. The van der Waals surface area contributed by atoms with Crippen molar-refractivity contribution in [3.05, 3.63) is 52.4 Å².